The van der Waals surface area contributed by atoms with Gasteiger partial charge in [0.1, 0.15) is 12.4 Å². The topological polar surface area (TPSA) is 60.2 Å². The van der Waals surface area contributed by atoms with Crippen molar-refractivity contribution in [3.63, 3.8) is 0 Å². The number of hydrogen-bond donors (Lipinski definition) is 0. The maximum absolute atomic E-state index is 12.5. The molecule has 1 saturated heterocycles. The summed E-state index contributed by atoms with van der Waals surface area (Å²) in [4.78, 5) is 14.5. The molecule has 0 spiro atoms. The number of benzene rings is 1. The molecule has 1 aromatic heterocycles. The third-order valence-electron chi connectivity index (χ3n) is 4.74. The number of aromatic nitrogens is 3. The highest BCUT2D eigenvalue weighted by molar-refractivity contribution is 7.99. The van der Waals surface area contributed by atoms with E-state index in [2.05, 4.69) is 17.1 Å². The fraction of sp³-hybridized carbons (Fsp3) is 0.526. The lowest BCUT2D eigenvalue weighted by molar-refractivity contribution is -0.131. The van der Waals surface area contributed by atoms with Crippen molar-refractivity contribution >= 4 is 29.3 Å². The van der Waals surface area contributed by atoms with Crippen LogP contribution in [0.15, 0.2) is 29.4 Å². The van der Waals surface area contributed by atoms with Crippen LogP contribution in [0, 0.1) is 0 Å². The molecule has 3 rings (SSSR count). The molecule has 146 valence electrons. The number of thioether (sulfide) groups is 1. The summed E-state index contributed by atoms with van der Waals surface area (Å²) in [6, 6.07) is 7.55. The molecule has 1 aromatic carbocycles. The first-order chi connectivity index (χ1) is 13.1. The Balaban J connectivity index is 1.58. The molecule has 0 saturated carbocycles. The lowest BCUT2D eigenvalue weighted by Crippen LogP contribution is -2.43. The van der Waals surface area contributed by atoms with E-state index >= 15 is 0 Å². The molecule has 0 bridgehead atoms. The van der Waals surface area contributed by atoms with Crippen molar-refractivity contribution < 1.29 is 9.53 Å². The van der Waals surface area contributed by atoms with Crippen molar-refractivity contribution in [3.05, 3.63) is 35.1 Å². The van der Waals surface area contributed by atoms with Crippen molar-refractivity contribution in [2.75, 3.05) is 12.3 Å². The van der Waals surface area contributed by atoms with Gasteiger partial charge in [-0.1, -0.05) is 23.4 Å². The molecular formula is C19H25ClN4O2S. The highest BCUT2D eigenvalue weighted by atomic mass is 35.5. The van der Waals surface area contributed by atoms with Crippen molar-refractivity contribution in [2.45, 2.75) is 57.5 Å². The van der Waals surface area contributed by atoms with E-state index in [1.54, 1.807) is 12.1 Å². The lowest BCUT2D eigenvalue weighted by Gasteiger charge is -2.33. The van der Waals surface area contributed by atoms with Crippen molar-refractivity contribution in [3.8, 4) is 5.75 Å². The van der Waals surface area contributed by atoms with Gasteiger partial charge in [-0.3, -0.25) is 4.79 Å². The van der Waals surface area contributed by atoms with Crippen molar-refractivity contribution in [1.29, 1.82) is 0 Å². The van der Waals surface area contributed by atoms with Crippen LogP contribution in [0.2, 0.25) is 5.02 Å². The first-order valence-corrected chi connectivity index (χ1v) is 10.7. The fourth-order valence-corrected chi connectivity index (χ4v) is 4.24. The third kappa shape index (κ3) is 5.17. The second kappa shape index (κ2) is 9.46. The van der Waals surface area contributed by atoms with Gasteiger partial charge in [0.15, 0.2) is 11.0 Å². The summed E-state index contributed by atoms with van der Waals surface area (Å²) in [5.41, 5.74) is 0. The van der Waals surface area contributed by atoms with Gasteiger partial charge >= 0.3 is 0 Å². The van der Waals surface area contributed by atoms with E-state index < -0.39 is 0 Å². The highest BCUT2D eigenvalue weighted by Crippen LogP contribution is 2.22. The second-order valence-electron chi connectivity index (χ2n) is 6.61. The summed E-state index contributed by atoms with van der Waals surface area (Å²) in [5, 5.41) is 9.92. The largest absolute Gasteiger partial charge is 0.486 e. The smallest absolute Gasteiger partial charge is 0.233 e. The van der Waals surface area contributed by atoms with Crippen molar-refractivity contribution in [2.24, 2.45) is 0 Å². The number of hydrogen-bond acceptors (Lipinski definition) is 5. The SMILES string of the molecule is CCn1c(COc2ccc(Cl)cc2)nnc1SCC(=O)N1CCCC[C@@H]1C. The molecule has 27 heavy (non-hydrogen) atoms. The number of halogens is 1. The highest BCUT2D eigenvalue weighted by Gasteiger charge is 2.24. The maximum Gasteiger partial charge on any atom is 0.233 e. The van der Waals surface area contributed by atoms with Crippen LogP contribution in [0.25, 0.3) is 0 Å². The van der Waals surface area contributed by atoms with Gasteiger partial charge in [-0.25, -0.2) is 0 Å². The minimum Gasteiger partial charge on any atom is -0.486 e. The van der Waals surface area contributed by atoms with Gasteiger partial charge in [-0.05, 0) is 57.4 Å². The lowest BCUT2D eigenvalue weighted by atomic mass is 10.0. The predicted molar refractivity (Wildman–Crippen MR) is 107 cm³/mol. The summed E-state index contributed by atoms with van der Waals surface area (Å²) in [6.45, 7) is 6.07. The molecule has 2 heterocycles. The Morgan fingerprint density at radius 2 is 2.07 bits per heavy atom. The van der Waals surface area contributed by atoms with Gasteiger partial charge in [0, 0.05) is 24.2 Å². The van der Waals surface area contributed by atoms with Gasteiger partial charge in [-0.15, -0.1) is 10.2 Å². The first kappa shape index (κ1) is 20.0. The number of carbonyl (C=O) groups excluding carboxylic acids is 1. The molecule has 0 radical (unpaired) electrons. The number of likely N-dealkylation sites (tertiary alicyclic amines) is 1. The first-order valence-electron chi connectivity index (χ1n) is 9.31. The zero-order valence-corrected chi connectivity index (χ0v) is 17.3. The van der Waals surface area contributed by atoms with E-state index in [1.807, 2.05) is 28.5 Å². The second-order valence-corrected chi connectivity index (χ2v) is 7.99. The van der Waals surface area contributed by atoms with Gasteiger partial charge in [0.05, 0.1) is 5.75 Å². The van der Waals surface area contributed by atoms with E-state index in [0.29, 0.717) is 23.4 Å². The van der Waals surface area contributed by atoms with Crippen LogP contribution in [0.3, 0.4) is 0 Å². The molecular weight excluding hydrogens is 384 g/mol. The molecule has 0 aliphatic carbocycles. The Morgan fingerprint density at radius 1 is 1.30 bits per heavy atom. The van der Waals surface area contributed by atoms with E-state index in [-0.39, 0.29) is 5.91 Å². The number of amides is 1. The van der Waals surface area contributed by atoms with Crippen LogP contribution in [0.4, 0.5) is 0 Å². The van der Waals surface area contributed by atoms with Gasteiger partial charge in [0.2, 0.25) is 5.91 Å². The van der Waals surface area contributed by atoms with Crippen LogP contribution < -0.4 is 4.74 Å². The van der Waals surface area contributed by atoms with Gasteiger partial charge < -0.3 is 14.2 Å². The Labute approximate surface area is 169 Å². The zero-order chi connectivity index (χ0) is 19.2. The molecule has 1 atom stereocenters. The van der Waals surface area contributed by atoms with Crippen LogP contribution in [-0.4, -0.2) is 43.9 Å². The standard InChI is InChI=1S/C19H25ClN4O2S/c1-3-23-17(12-26-16-9-7-15(20)8-10-16)21-22-19(23)27-13-18(25)24-11-5-4-6-14(24)2/h7-10,14H,3-6,11-13H2,1-2H3/t14-/m0/s1. The van der Waals surface area contributed by atoms with Crippen LogP contribution >= 0.6 is 23.4 Å². The molecule has 6 nitrogen and oxygen atoms in total. The maximum atomic E-state index is 12.5. The van der Waals surface area contributed by atoms with Crippen LogP contribution in [0.5, 0.6) is 5.75 Å². The van der Waals surface area contributed by atoms with E-state index in [0.717, 1.165) is 42.7 Å². The van der Waals surface area contributed by atoms with Gasteiger partial charge in [-0.2, -0.15) is 0 Å². The van der Waals surface area contributed by atoms with Crippen LogP contribution in [-0.2, 0) is 17.9 Å². The molecule has 2 aromatic rings. The minimum absolute atomic E-state index is 0.178. The van der Waals surface area contributed by atoms with E-state index in [1.165, 1.54) is 18.2 Å². The molecule has 1 aliphatic rings. The number of nitrogens with zero attached hydrogens (tertiary/aromatic N) is 4. The predicted octanol–water partition coefficient (Wildman–Crippen LogP) is 4.02. The summed E-state index contributed by atoms with van der Waals surface area (Å²) >= 11 is 7.33. The third-order valence-corrected chi connectivity index (χ3v) is 5.94. The Morgan fingerprint density at radius 3 is 2.78 bits per heavy atom. The Bertz CT molecular complexity index is 766. The van der Waals surface area contributed by atoms with Crippen molar-refractivity contribution in [1.82, 2.24) is 19.7 Å². The summed E-state index contributed by atoms with van der Waals surface area (Å²) < 4.78 is 7.76. The summed E-state index contributed by atoms with van der Waals surface area (Å²) in [5.74, 6) is 2.04. The summed E-state index contributed by atoms with van der Waals surface area (Å²) in [7, 11) is 0. The normalized spacial score (nSPS) is 17.1. The van der Waals surface area contributed by atoms with Crippen LogP contribution in [0.1, 0.15) is 38.9 Å². The monoisotopic (exact) mass is 408 g/mol. The number of ether oxygens (including phenoxy) is 1. The minimum atomic E-state index is 0.178. The number of carbonyl (C=O) groups is 1. The molecule has 1 amide bonds. The quantitative estimate of drug-likeness (QED) is 0.647. The molecule has 1 fully saturated rings. The molecule has 0 N–H and O–H groups in total. The molecule has 8 heteroatoms. The Hall–Kier alpha value is -1.73. The average Bonchev–Trinajstić information content (AvgIpc) is 3.08. The molecule has 0 unspecified atom stereocenters. The number of rotatable bonds is 7. The van der Waals surface area contributed by atoms with E-state index in [9.17, 15) is 4.79 Å². The average molecular weight is 409 g/mol. The van der Waals surface area contributed by atoms with Gasteiger partial charge in [0.25, 0.3) is 0 Å². The fourth-order valence-electron chi connectivity index (χ4n) is 3.21. The molecule has 1 aliphatic heterocycles. The zero-order valence-electron chi connectivity index (χ0n) is 15.7. The number of piperidine rings is 1. The Kier molecular flexibility index (Phi) is 7.01. The van der Waals surface area contributed by atoms with E-state index in [4.69, 9.17) is 16.3 Å². The summed E-state index contributed by atoms with van der Waals surface area (Å²) in [6.07, 6.45) is 3.39.